The predicted octanol–water partition coefficient (Wildman–Crippen LogP) is 3.37. The molecule has 0 bridgehead atoms. The molecule has 0 aliphatic carbocycles. The van der Waals surface area contributed by atoms with Gasteiger partial charge in [-0.25, -0.2) is 4.98 Å². The number of hydrogen-bond acceptors (Lipinski definition) is 3. The molecule has 0 spiro atoms. The quantitative estimate of drug-likeness (QED) is 0.886. The zero-order valence-corrected chi connectivity index (χ0v) is 10.6. The molecule has 1 aliphatic heterocycles. The Morgan fingerprint density at radius 1 is 1.50 bits per heavy atom. The molecule has 3 nitrogen and oxygen atoms in total. The second kappa shape index (κ2) is 5.21. The molecule has 2 rings (SSSR count). The van der Waals surface area contributed by atoms with Crippen LogP contribution in [-0.2, 0) is 4.74 Å². The first-order chi connectivity index (χ1) is 7.65. The van der Waals surface area contributed by atoms with Crippen molar-refractivity contribution < 1.29 is 4.74 Å². The first kappa shape index (κ1) is 12.0. The Labute approximate surface area is 105 Å². The van der Waals surface area contributed by atoms with Crippen molar-refractivity contribution in [1.29, 1.82) is 0 Å². The van der Waals surface area contributed by atoms with E-state index in [9.17, 15) is 0 Å². The molecule has 0 radical (unpaired) electrons. The van der Waals surface area contributed by atoms with E-state index < -0.39 is 0 Å². The van der Waals surface area contributed by atoms with Crippen molar-refractivity contribution in [1.82, 2.24) is 4.98 Å². The van der Waals surface area contributed by atoms with Crippen LogP contribution < -0.4 is 5.32 Å². The van der Waals surface area contributed by atoms with Gasteiger partial charge >= 0.3 is 0 Å². The summed E-state index contributed by atoms with van der Waals surface area (Å²) in [6.45, 7) is 2.86. The molecule has 1 aliphatic rings. The molecule has 1 fully saturated rings. The molecule has 5 heteroatoms. The molecule has 1 saturated heterocycles. The van der Waals surface area contributed by atoms with Gasteiger partial charge in [0.1, 0.15) is 5.82 Å². The summed E-state index contributed by atoms with van der Waals surface area (Å²) in [5.74, 6) is 0.699. The summed E-state index contributed by atoms with van der Waals surface area (Å²) < 4.78 is 5.48. The smallest absolute Gasteiger partial charge is 0.145 e. The summed E-state index contributed by atoms with van der Waals surface area (Å²) in [6.07, 6.45) is 3.83. The fourth-order valence-corrected chi connectivity index (χ4v) is 2.28. The molecule has 2 heterocycles. The molecular weight excluding hydrogens is 247 g/mol. The van der Waals surface area contributed by atoms with Gasteiger partial charge in [-0.15, -0.1) is 0 Å². The molecule has 88 valence electrons. The van der Waals surface area contributed by atoms with Gasteiger partial charge in [0.2, 0.25) is 0 Å². The maximum atomic E-state index is 6.04. The average Bonchev–Trinajstić information content (AvgIpc) is 2.22. The predicted molar refractivity (Wildman–Crippen MR) is 66.3 cm³/mol. The first-order valence-electron chi connectivity index (χ1n) is 5.34. The molecule has 1 N–H and O–H groups in total. The van der Waals surface area contributed by atoms with Crippen LogP contribution in [0.25, 0.3) is 0 Å². The van der Waals surface area contributed by atoms with Gasteiger partial charge in [-0.3, -0.25) is 0 Å². The highest BCUT2D eigenvalue weighted by Gasteiger charge is 2.20. The Kier molecular flexibility index (Phi) is 3.90. The Hall–Kier alpha value is -0.510. The molecule has 1 aromatic rings. The zero-order valence-electron chi connectivity index (χ0n) is 9.04. The maximum absolute atomic E-state index is 6.04. The van der Waals surface area contributed by atoms with Crippen LogP contribution in [0.5, 0.6) is 0 Å². The van der Waals surface area contributed by atoms with E-state index in [2.05, 4.69) is 17.2 Å². The Morgan fingerprint density at radius 3 is 3.00 bits per heavy atom. The number of nitrogens with one attached hydrogen (secondary N) is 1. The van der Waals surface area contributed by atoms with Crippen LogP contribution in [0.4, 0.5) is 5.82 Å². The van der Waals surface area contributed by atoms with Gasteiger partial charge in [0.15, 0.2) is 0 Å². The molecule has 0 aromatic carbocycles. The van der Waals surface area contributed by atoms with Crippen molar-refractivity contribution in [3.8, 4) is 0 Å². The van der Waals surface area contributed by atoms with E-state index >= 15 is 0 Å². The van der Waals surface area contributed by atoms with Crippen LogP contribution in [0, 0.1) is 0 Å². The van der Waals surface area contributed by atoms with Gasteiger partial charge in [-0.05, 0) is 25.8 Å². The third-order valence-electron chi connectivity index (χ3n) is 2.63. The third-order valence-corrected chi connectivity index (χ3v) is 3.13. The molecule has 0 amide bonds. The van der Waals surface area contributed by atoms with Crippen molar-refractivity contribution in [2.24, 2.45) is 0 Å². The highest BCUT2D eigenvalue weighted by molar-refractivity contribution is 6.35. The van der Waals surface area contributed by atoms with Crippen LogP contribution in [0.1, 0.15) is 19.8 Å². The van der Waals surface area contributed by atoms with Crippen LogP contribution in [0.3, 0.4) is 0 Å². The van der Waals surface area contributed by atoms with E-state index in [1.54, 1.807) is 12.3 Å². The van der Waals surface area contributed by atoms with Gasteiger partial charge in [0.25, 0.3) is 0 Å². The average molecular weight is 261 g/mol. The largest absolute Gasteiger partial charge is 0.378 e. The number of pyridine rings is 1. The van der Waals surface area contributed by atoms with Crippen molar-refractivity contribution in [2.45, 2.75) is 31.9 Å². The van der Waals surface area contributed by atoms with Crippen LogP contribution >= 0.6 is 23.2 Å². The van der Waals surface area contributed by atoms with Crippen molar-refractivity contribution in [3.63, 3.8) is 0 Å². The third kappa shape index (κ3) is 3.00. The highest BCUT2D eigenvalue weighted by Crippen LogP contribution is 2.25. The fourth-order valence-electron chi connectivity index (χ4n) is 1.84. The number of nitrogens with zero attached hydrogens (tertiary/aromatic N) is 1. The summed E-state index contributed by atoms with van der Waals surface area (Å²) >= 11 is 11.8. The van der Waals surface area contributed by atoms with Gasteiger partial charge in [0, 0.05) is 18.8 Å². The lowest BCUT2D eigenvalue weighted by Crippen LogP contribution is -2.32. The van der Waals surface area contributed by atoms with Gasteiger partial charge in [-0.1, -0.05) is 23.2 Å². The number of rotatable bonds is 2. The minimum Gasteiger partial charge on any atom is -0.378 e. The maximum Gasteiger partial charge on any atom is 0.145 e. The topological polar surface area (TPSA) is 34.2 Å². The van der Waals surface area contributed by atoms with E-state index in [0.717, 1.165) is 19.4 Å². The Balaban J connectivity index is 2.02. The van der Waals surface area contributed by atoms with Crippen molar-refractivity contribution >= 4 is 29.0 Å². The number of halogens is 2. The van der Waals surface area contributed by atoms with E-state index in [0.29, 0.717) is 21.9 Å². The van der Waals surface area contributed by atoms with Crippen LogP contribution in [0.15, 0.2) is 12.3 Å². The number of aromatic nitrogens is 1. The summed E-state index contributed by atoms with van der Waals surface area (Å²) in [7, 11) is 0. The second-order valence-corrected chi connectivity index (χ2v) is 4.87. The lowest BCUT2D eigenvalue weighted by Gasteiger charge is -2.28. The van der Waals surface area contributed by atoms with Gasteiger partial charge in [0.05, 0.1) is 16.1 Å². The summed E-state index contributed by atoms with van der Waals surface area (Å²) in [5, 5.41) is 4.44. The molecule has 1 aromatic heterocycles. The van der Waals surface area contributed by atoms with E-state index in [1.807, 2.05) is 0 Å². The monoisotopic (exact) mass is 260 g/mol. The Morgan fingerprint density at radius 2 is 2.31 bits per heavy atom. The fraction of sp³-hybridized carbons (Fsp3) is 0.545. The SMILES string of the molecule is CC1CC(Nc2ncc(Cl)cc2Cl)CCO1. The van der Waals surface area contributed by atoms with E-state index in [4.69, 9.17) is 27.9 Å². The minimum absolute atomic E-state index is 0.289. The van der Waals surface area contributed by atoms with E-state index in [1.165, 1.54) is 0 Å². The lowest BCUT2D eigenvalue weighted by molar-refractivity contribution is 0.0232. The first-order valence-corrected chi connectivity index (χ1v) is 6.10. The molecule has 2 unspecified atom stereocenters. The molecular formula is C11H14Cl2N2O. The number of ether oxygens (including phenoxy) is 1. The van der Waals surface area contributed by atoms with Crippen molar-refractivity contribution in [2.75, 3.05) is 11.9 Å². The summed E-state index contributed by atoms with van der Waals surface area (Å²) in [5.41, 5.74) is 0. The van der Waals surface area contributed by atoms with Crippen molar-refractivity contribution in [3.05, 3.63) is 22.3 Å². The summed E-state index contributed by atoms with van der Waals surface area (Å²) in [6, 6.07) is 2.07. The normalized spacial score (nSPS) is 25.4. The van der Waals surface area contributed by atoms with Crippen LogP contribution in [-0.4, -0.2) is 23.7 Å². The van der Waals surface area contributed by atoms with Gasteiger partial charge < -0.3 is 10.1 Å². The van der Waals surface area contributed by atoms with Gasteiger partial charge in [-0.2, -0.15) is 0 Å². The highest BCUT2D eigenvalue weighted by atomic mass is 35.5. The van der Waals surface area contributed by atoms with Crippen LogP contribution in [0.2, 0.25) is 10.0 Å². The van der Waals surface area contributed by atoms with E-state index in [-0.39, 0.29) is 6.10 Å². The zero-order chi connectivity index (χ0) is 11.5. The number of hydrogen-bond donors (Lipinski definition) is 1. The standard InChI is InChI=1S/C11H14Cl2N2O/c1-7-4-9(2-3-16-7)15-11-10(13)5-8(12)6-14-11/h5-7,9H,2-4H2,1H3,(H,14,15). The molecule has 2 atom stereocenters. The Bertz CT molecular complexity index is 373. The number of anilines is 1. The molecule has 16 heavy (non-hydrogen) atoms. The second-order valence-electron chi connectivity index (χ2n) is 4.03. The lowest BCUT2D eigenvalue weighted by atomic mass is 10.0. The summed E-state index contributed by atoms with van der Waals surface area (Å²) in [4.78, 5) is 4.18. The molecule has 0 saturated carbocycles. The minimum atomic E-state index is 0.289.